The maximum Gasteiger partial charge on any atom is 0.234 e. The number of hydrogen-bond donors (Lipinski definition) is 2. The minimum absolute atomic E-state index is 0.146. The predicted octanol–water partition coefficient (Wildman–Crippen LogP) is 1.08. The lowest BCUT2D eigenvalue weighted by Gasteiger charge is -2.25. The van der Waals surface area contributed by atoms with Gasteiger partial charge in [-0.2, -0.15) is 0 Å². The van der Waals surface area contributed by atoms with Gasteiger partial charge in [-0.1, -0.05) is 13.8 Å². The van der Waals surface area contributed by atoms with Gasteiger partial charge in [0.25, 0.3) is 0 Å². The number of likely N-dealkylation sites (N-methyl/N-ethyl adjacent to an activating group) is 1. The summed E-state index contributed by atoms with van der Waals surface area (Å²) in [6.45, 7) is 8.85. The summed E-state index contributed by atoms with van der Waals surface area (Å²) in [6, 6.07) is 0. The lowest BCUT2D eigenvalue weighted by molar-refractivity contribution is -0.122. The van der Waals surface area contributed by atoms with Crippen LogP contribution in [0.15, 0.2) is 0 Å². The first-order valence-electron chi connectivity index (χ1n) is 7.24. The third-order valence-corrected chi connectivity index (χ3v) is 3.44. The number of hydrogen-bond acceptors (Lipinski definition) is 3. The molecular formula is C14H29N3O. The molecule has 1 atom stereocenters. The lowest BCUT2D eigenvalue weighted by Crippen LogP contribution is -2.38. The van der Waals surface area contributed by atoms with E-state index in [4.69, 9.17) is 0 Å². The first-order chi connectivity index (χ1) is 8.58. The van der Waals surface area contributed by atoms with Crippen molar-refractivity contribution in [2.24, 2.45) is 11.8 Å². The highest BCUT2D eigenvalue weighted by Crippen LogP contribution is 2.13. The molecule has 18 heavy (non-hydrogen) atoms. The Morgan fingerprint density at radius 1 is 1.50 bits per heavy atom. The van der Waals surface area contributed by atoms with Gasteiger partial charge in [0.05, 0.1) is 6.54 Å². The van der Waals surface area contributed by atoms with Crippen molar-refractivity contribution in [2.45, 2.75) is 33.1 Å². The summed E-state index contributed by atoms with van der Waals surface area (Å²) in [5.74, 6) is 1.46. The fraction of sp³-hybridized carbons (Fsp3) is 0.929. The molecule has 0 aromatic carbocycles. The van der Waals surface area contributed by atoms with Crippen molar-refractivity contribution in [1.82, 2.24) is 15.5 Å². The second kappa shape index (κ2) is 8.48. The van der Waals surface area contributed by atoms with Crippen LogP contribution >= 0.6 is 0 Å². The minimum Gasteiger partial charge on any atom is -0.355 e. The quantitative estimate of drug-likeness (QED) is 0.715. The molecule has 0 aliphatic carbocycles. The van der Waals surface area contributed by atoms with Gasteiger partial charge >= 0.3 is 0 Å². The van der Waals surface area contributed by atoms with Crippen molar-refractivity contribution in [2.75, 3.05) is 39.8 Å². The Morgan fingerprint density at radius 2 is 2.28 bits per heavy atom. The third kappa shape index (κ3) is 6.97. The van der Waals surface area contributed by atoms with Crippen molar-refractivity contribution < 1.29 is 4.79 Å². The zero-order valence-corrected chi connectivity index (χ0v) is 12.2. The zero-order valence-electron chi connectivity index (χ0n) is 12.2. The highest BCUT2D eigenvalue weighted by molar-refractivity contribution is 5.77. The fourth-order valence-electron chi connectivity index (χ4n) is 2.27. The number of rotatable bonds is 7. The van der Waals surface area contributed by atoms with E-state index in [1.54, 1.807) is 0 Å². The molecule has 1 fully saturated rings. The number of amides is 1. The van der Waals surface area contributed by atoms with Crippen molar-refractivity contribution >= 4 is 5.91 Å². The molecule has 0 spiro atoms. The smallest absolute Gasteiger partial charge is 0.234 e. The van der Waals surface area contributed by atoms with Crippen LogP contribution in [0.25, 0.3) is 0 Å². The molecule has 1 amide bonds. The van der Waals surface area contributed by atoms with Crippen molar-refractivity contribution in [3.8, 4) is 0 Å². The molecule has 0 aromatic rings. The summed E-state index contributed by atoms with van der Waals surface area (Å²) in [6.07, 6.45) is 3.82. The standard InChI is InChI=1S/C14H29N3O/c1-12(2)9-16-14(18)11-17(3)8-6-13-5-4-7-15-10-13/h12-13,15H,4-11H2,1-3H3,(H,16,18). The van der Waals surface area contributed by atoms with E-state index in [9.17, 15) is 4.79 Å². The lowest BCUT2D eigenvalue weighted by atomic mass is 9.96. The molecule has 1 saturated heterocycles. The fourth-order valence-corrected chi connectivity index (χ4v) is 2.27. The zero-order chi connectivity index (χ0) is 13.4. The molecule has 1 heterocycles. The average Bonchev–Trinajstić information content (AvgIpc) is 2.35. The first-order valence-corrected chi connectivity index (χ1v) is 7.24. The molecule has 1 aliphatic rings. The van der Waals surface area contributed by atoms with E-state index >= 15 is 0 Å². The van der Waals surface area contributed by atoms with Gasteiger partial charge in [0.2, 0.25) is 5.91 Å². The van der Waals surface area contributed by atoms with Gasteiger partial charge in [0.15, 0.2) is 0 Å². The van der Waals surface area contributed by atoms with Crippen LogP contribution in [0.2, 0.25) is 0 Å². The Bertz CT molecular complexity index is 237. The van der Waals surface area contributed by atoms with Crippen LogP contribution in [0.3, 0.4) is 0 Å². The molecule has 1 aliphatic heterocycles. The van der Waals surface area contributed by atoms with Crippen LogP contribution in [0.4, 0.5) is 0 Å². The minimum atomic E-state index is 0.146. The summed E-state index contributed by atoms with van der Waals surface area (Å²) in [5, 5.41) is 6.39. The highest BCUT2D eigenvalue weighted by Gasteiger charge is 2.14. The van der Waals surface area contributed by atoms with Crippen LogP contribution in [-0.2, 0) is 4.79 Å². The van der Waals surface area contributed by atoms with E-state index < -0.39 is 0 Å². The monoisotopic (exact) mass is 255 g/mol. The number of carbonyl (C=O) groups is 1. The number of piperidine rings is 1. The number of nitrogens with zero attached hydrogens (tertiary/aromatic N) is 1. The SMILES string of the molecule is CC(C)CNC(=O)CN(C)CCC1CCCNC1. The van der Waals surface area contributed by atoms with E-state index in [0.29, 0.717) is 12.5 Å². The molecule has 2 N–H and O–H groups in total. The molecule has 106 valence electrons. The normalized spacial score (nSPS) is 20.4. The van der Waals surface area contributed by atoms with Crippen LogP contribution < -0.4 is 10.6 Å². The molecule has 0 bridgehead atoms. The Hall–Kier alpha value is -0.610. The van der Waals surface area contributed by atoms with E-state index in [1.807, 2.05) is 7.05 Å². The molecule has 1 unspecified atom stereocenters. The molecule has 4 nitrogen and oxygen atoms in total. The maximum absolute atomic E-state index is 11.6. The third-order valence-electron chi connectivity index (χ3n) is 3.44. The van der Waals surface area contributed by atoms with Crippen LogP contribution in [-0.4, -0.2) is 50.6 Å². The molecule has 0 aromatic heterocycles. The second-order valence-electron chi connectivity index (χ2n) is 5.94. The van der Waals surface area contributed by atoms with Crippen molar-refractivity contribution in [1.29, 1.82) is 0 Å². The summed E-state index contributed by atoms with van der Waals surface area (Å²) >= 11 is 0. The Balaban J connectivity index is 2.08. The van der Waals surface area contributed by atoms with Crippen LogP contribution in [0.5, 0.6) is 0 Å². The van der Waals surface area contributed by atoms with Crippen LogP contribution in [0, 0.1) is 11.8 Å². The maximum atomic E-state index is 11.6. The predicted molar refractivity (Wildman–Crippen MR) is 75.6 cm³/mol. The summed E-state index contributed by atoms with van der Waals surface area (Å²) in [7, 11) is 2.03. The van der Waals surface area contributed by atoms with E-state index in [0.717, 1.165) is 25.6 Å². The number of carbonyl (C=O) groups excluding carboxylic acids is 1. The summed E-state index contributed by atoms with van der Waals surface area (Å²) < 4.78 is 0. The van der Waals surface area contributed by atoms with Crippen molar-refractivity contribution in [3.63, 3.8) is 0 Å². The number of nitrogens with one attached hydrogen (secondary N) is 2. The Morgan fingerprint density at radius 3 is 2.89 bits per heavy atom. The molecule has 0 saturated carbocycles. The van der Waals surface area contributed by atoms with E-state index in [-0.39, 0.29) is 5.91 Å². The largest absolute Gasteiger partial charge is 0.355 e. The molecule has 4 heteroatoms. The van der Waals surface area contributed by atoms with Crippen molar-refractivity contribution in [3.05, 3.63) is 0 Å². The van der Waals surface area contributed by atoms with E-state index in [1.165, 1.54) is 25.8 Å². The average molecular weight is 255 g/mol. The highest BCUT2D eigenvalue weighted by atomic mass is 16.2. The van der Waals surface area contributed by atoms with Gasteiger partial charge in [-0.15, -0.1) is 0 Å². The topological polar surface area (TPSA) is 44.4 Å². The van der Waals surface area contributed by atoms with Gasteiger partial charge in [-0.25, -0.2) is 0 Å². The molecular weight excluding hydrogens is 226 g/mol. The van der Waals surface area contributed by atoms with Crippen LogP contribution in [0.1, 0.15) is 33.1 Å². The van der Waals surface area contributed by atoms with Gasteiger partial charge in [0, 0.05) is 6.54 Å². The van der Waals surface area contributed by atoms with Gasteiger partial charge in [-0.05, 0) is 57.8 Å². The van der Waals surface area contributed by atoms with E-state index in [2.05, 4.69) is 29.4 Å². The second-order valence-corrected chi connectivity index (χ2v) is 5.94. The van der Waals surface area contributed by atoms with Gasteiger partial charge in [0.1, 0.15) is 0 Å². The summed E-state index contributed by atoms with van der Waals surface area (Å²) in [5.41, 5.74) is 0. The Kier molecular flexibility index (Phi) is 7.28. The first kappa shape index (κ1) is 15.4. The van der Waals surface area contributed by atoms with Gasteiger partial charge < -0.3 is 10.6 Å². The Labute approximate surface area is 111 Å². The summed E-state index contributed by atoms with van der Waals surface area (Å²) in [4.78, 5) is 13.8. The molecule has 1 rings (SSSR count). The van der Waals surface area contributed by atoms with Gasteiger partial charge in [-0.3, -0.25) is 9.69 Å². The molecule has 0 radical (unpaired) electrons.